The Bertz CT molecular complexity index is 631. The number of nitrogens with one attached hydrogen (secondary N) is 1. The number of hydrogen-bond donors (Lipinski definition) is 2. The van der Waals surface area contributed by atoms with Crippen LogP contribution >= 0.6 is 0 Å². The summed E-state index contributed by atoms with van der Waals surface area (Å²) in [4.78, 5) is 15.3. The molecule has 0 aromatic heterocycles. The number of nitrogens with zero attached hydrogens (tertiary/aromatic N) is 1. The van der Waals surface area contributed by atoms with E-state index in [1.54, 1.807) is 6.08 Å². The van der Waals surface area contributed by atoms with Crippen LogP contribution in [0.4, 0.5) is 5.69 Å². The van der Waals surface area contributed by atoms with Gasteiger partial charge in [-0.25, -0.2) is 0 Å². The van der Waals surface area contributed by atoms with Gasteiger partial charge in [-0.3, -0.25) is 9.79 Å². The minimum absolute atomic E-state index is 0.363. The summed E-state index contributed by atoms with van der Waals surface area (Å²) in [5.41, 5.74) is 6.50. The number of nitrogens with two attached hydrogens (primary N) is 1. The molecule has 3 rings (SSSR count). The monoisotopic (exact) mass is 215 g/mol. The Morgan fingerprint density at radius 2 is 2.38 bits per heavy atom. The molecule has 5 nitrogen and oxygen atoms in total. The van der Waals surface area contributed by atoms with E-state index in [-0.39, 0.29) is 0 Å². The number of hydrogen-bond acceptors (Lipinski definition) is 4. The molecule has 2 heterocycles. The normalized spacial score (nSPS) is 15.6. The zero-order valence-electron chi connectivity index (χ0n) is 8.36. The van der Waals surface area contributed by atoms with Gasteiger partial charge in [-0.05, 0) is 12.1 Å². The minimum Gasteiger partial charge on any atom is -0.463 e. The van der Waals surface area contributed by atoms with Crippen molar-refractivity contribution in [2.24, 2.45) is 10.7 Å². The zero-order chi connectivity index (χ0) is 11.1. The molecule has 0 atom stereocenters. The maximum atomic E-state index is 11.0. The molecule has 1 aromatic rings. The number of carbonyl (C=O) groups excluding carboxylic acids is 1. The van der Waals surface area contributed by atoms with Crippen molar-refractivity contribution in [2.75, 3.05) is 12.0 Å². The average Bonchev–Trinajstić information content (AvgIpc) is 2.71. The molecule has 2 aliphatic heterocycles. The lowest BCUT2D eigenvalue weighted by Crippen LogP contribution is -2.21. The summed E-state index contributed by atoms with van der Waals surface area (Å²) in [6.45, 7) is 0.578. The Morgan fingerprint density at radius 3 is 3.19 bits per heavy atom. The van der Waals surface area contributed by atoms with E-state index in [9.17, 15) is 4.79 Å². The predicted molar refractivity (Wildman–Crippen MR) is 58.1 cm³/mol. The van der Waals surface area contributed by atoms with Gasteiger partial charge in [0, 0.05) is 11.3 Å². The second-order valence-corrected chi connectivity index (χ2v) is 3.60. The number of fused-ring (bicyclic) bond motifs is 2. The van der Waals surface area contributed by atoms with Crippen LogP contribution in [0.5, 0.6) is 5.75 Å². The number of primary amides is 1. The SMILES string of the molecule is NC(=O)C1=COc2cc3c(cc2=C1)NCN=3. The quantitative estimate of drug-likeness (QED) is 0.646. The fourth-order valence-corrected chi connectivity index (χ4v) is 1.74. The third kappa shape index (κ3) is 1.25. The fourth-order valence-electron chi connectivity index (χ4n) is 1.74. The Labute approximate surface area is 90.9 Å². The zero-order valence-corrected chi connectivity index (χ0v) is 8.36. The number of anilines is 1. The third-order valence-corrected chi connectivity index (χ3v) is 2.56. The van der Waals surface area contributed by atoms with Gasteiger partial charge in [0.2, 0.25) is 0 Å². The van der Waals surface area contributed by atoms with Crippen molar-refractivity contribution in [1.29, 1.82) is 0 Å². The van der Waals surface area contributed by atoms with Gasteiger partial charge < -0.3 is 15.8 Å². The van der Waals surface area contributed by atoms with Crippen LogP contribution < -0.4 is 26.4 Å². The highest BCUT2D eigenvalue weighted by Crippen LogP contribution is 2.13. The first-order valence-corrected chi connectivity index (χ1v) is 4.85. The van der Waals surface area contributed by atoms with Gasteiger partial charge in [-0.15, -0.1) is 0 Å². The minimum atomic E-state index is -0.496. The van der Waals surface area contributed by atoms with Gasteiger partial charge in [0.25, 0.3) is 5.91 Å². The van der Waals surface area contributed by atoms with E-state index in [1.165, 1.54) is 6.26 Å². The van der Waals surface area contributed by atoms with Gasteiger partial charge in [-0.1, -0.05) is 0 Å². The molecular formula is C11H9N3O2. The van der Waals surface area contributed by atoms with Crippen LogP contribution in [0, 0.1) is 0 Å². The first-order valence-electron chi connectivity index (χ1n) is 4.85. The molecule has 0 aliphatic carbocycles. The van der Waals surface area contributed by atoms with Crippen molar-refractivity contribution in [3.05, 3.63) is 34.5 Å². The average molecular weight is 215 g/mol. The summed E-state index contributed by atoms with van der Waals surface area (Å²) in [5.74, 6) is 0.194. The Balaban J connectivity index is 2.21. The van der Waals surface area contributed by atoms with Crippen molar-refractivity contribution in [1.82, 2.24) is 0 Å². The molecule has 0 spiro atoms. The number of carbonyl (C=O) groups is 1. The van der Waals surface area contributed by atoms with E-state index in [2.05, 4.69) is 10.3 Å². The molecule has 2 aliphatic rings. The van der Waals surface area contributed by atoms with Crippen LogP contribution in [0.25, 0.3) is 6.08 Å². The van der Waals surface area contributed by atoms with Crippen molar-refractivity contribution in [3.63, 3.8) is 0 Å². The van der Waals surface area contributed by atoms with Gasteiger partial charge in [-0.2, -0.15) is 0 Å². The second kappa shape index (κ2) is 3.10. The van der Waals surface area contributed by atoms with Crippen LogP contribution in [0.2, 0.25) is 0 Å². The maximum absolute atomic E-state index is 11.0. The molecule has 80 valence electrons. The van der Waals surface area contributed by atoms with E-state index < -0.39 is 5.91 Å². The van der Waals surface area contributed by atoms with Gasteiger partial charge in [0.1, 0.15) is 18.7 Å². The van der Waals surface area contributed by atoms with E-state index in [1.807, 2.05) is 12.1 Å². The lowest BCUT2D eigenvalue weighted by Gasteiger charge is -2.09. The number of rotatable bonds is 1. The highest BCUT2D eigenvalue weighted by Gasteiger charge is 2.12. The molecule has 0 radical (unpaired) electrons. The summed E-state index contributed by atoms with van der Waals surface area (Å²) in [6.07, 6.45) is 3.07. The summed E-state index contributed by atoms with van der Waals surface area (Å²) >= 11 is 0. The number of benzene rings is 1. The predicted octanol–water partition coefficient (Wildman–Crippen LogP) is -0.769. The van der Waals surface area contributed by atoms with Crippen LogP contribution in [0.15, 0.2) is 29.0 Å². The Hall–Kier alpha value is -2.30. The van der Waals surface area contributed by atoms with Crippen molar-refractivity contribution >= 4 is 17.7 Å². The van der Waals surface area contributed by atoms with Crippen molar-refractivity contribution in [2.45, 2.75) is 0 Å². The summed E-state index contributed by atoms with van der Waals surface area (Å²) in [7, 11) is 0. The molecule has 5 heteroatoms. The molecule has 3 N–H and O–H groups in total. The topological polar surface area (TPSA) is 76.7 Å². The van der Waals surface area contributed by atoms with Crippen LogP contribution in [0.1, 0.15) is 0 Å². The van der Waals surface area contributed by atoms with E-state index in [4.69, 9.17) is 10.5 Å². The molecule has 0 fully saturated rings. The summed E-state index contributed by atoms with van der Waals surface area (Å²) in [6, 6.07) is 3.74. The maximum Gasteiger partial charge on any atom is 0.251 e. The first-order chi connectivity index (χ1) is 7.74. The molecule has 1 aromatic carbocycles. The molecular weight excluding hydrogens is 206 g/mol. The van der Waals surface area contributed by atoms with Crippen LogP contribution in [0.3, 0.4) is 0 Å². The molecule has 0 bridgehead atoms. The molecule has 0 saturated heterocycles. The summed E-state index contributed by atoms with van der Waals surface area (Å²) in [5, 5.41) is 4.83. The van der Waals surface area contributed by atoms with E-state index in [0.717, 1.165) is 16.3 Å². The van der Waals surface area contributed by atoms with Crippen LogP contribution in [-0.2, 0) is 4.79 Å². The smallest absolute Gasteiger partial charge is 0.251 e. The van der Waals surface area contributed by atoms with Gasteiger partial charge in [0.05, 0.1) is 16.6 Å². The molecule has 1 amide bonds. The van der Waals surface area contributed by atoms with Crippen LogP contribution in [-0.4, -0.2) is 12.6 Å². The van der Waals surface area contributed by atoms with Crippen molar-refractivity contribution in [3.8, 4) is 5.75 Å². The largest absolute Gasteiger partial charge is 0.463 e. The standard InChI is InChI=1S/C11H9N3O2/c12-11(15)7-1-6-2-8-9(14-5-13-8)3-10(6)16-4-7/h1-4,13H,5H2,(H2,12,15). The second-order valence-electron chi connectivity index (χ2n) is 3.60. The molecule has 0 saturated carbocycles. The number of ether oxygens (including phenoxy) is 1. The highest BCUT2D eigenvalue weighted by atomic mass is 16.5. The van der Waals surface area contributed by atoms with Crippen molar-refractivity contribution < 1.29 is 9.53 Å². The lowest BCUT2D eigenvalue weighted by molar-refractivity contribution is -0.114. The van der Waals surface area contributed by atoms with Gasteiger partial charge >= 0.3 is 0 Å². The van der Waals surface area contributed by atoms with E-state index in [0.29, 0.717) is 18.0 Å². The first kappa shape index (κ1) is 8.96. The number of amides is 1. The lowest BCUT2D eigenvalue weighted by atomic mass is 10.1. The fraction of sp³-hybridized carbons (Fsp3) is 0.0909. The molecule has 0 unspecified atom stereocenters. The van der Waals surface area contributed by atoms with E-state index >= 15 is 0 Å². The summed E-state index contributed by atoms with van der Waals surface area (Å²) < 4.78 is 5.34. The Morgan fingerprint density at radius 1 is 1.50 bits per heavy atom. The highest BCUT2D eigenvalue weighted by molar-refractivity contribution is 6.00. The molecule has 16 heavy (non-hydrogen) atoms. The third-order valence-electron chi connectivity index (χ3n) is 2.56. The Kier molecular flexibility index (Phi) is 1.73. The van der Waals surface area contributed by atoms with Gasteiger partial charge in [0.15, 0.2) is 0 Å².